The summed E-state index contributed by atoms with van der Waals surface area (Å²) in [6.07, 6.45) is 7.07. The summed E-state index contributed by atoms with van der Waals surface area (Å²) in [7, 11) is 0. The van der Waals surface area contributed by atoms with E-state index in [0.29, 0.717) is 0 Å². The molecule has 0 aromatic heterocycles. The smallest absolute Gasteiger partial charge is 0.251 e. The van der Waals surface area contributed by atoms with Crippen molar-refractivity contribution in [1.29, 1.82) is 0 Å². The molecule has 0 unspecified atom stereocenters. The second-order valence-corrected chi connectivity index (χ2v) is 4.53. The second kappa shape index (κ2) is 5.47. The van der Waals surface area contributed by atoms with E-state index in [2.05, 4.69) is 15.8 Å². The van der Waals surface area contributed by atoms with Crippen molar-refractivity contribution in [3.8, 4) is 0 Å². The van der Waals surface area contributed by atoms with Gasteiger partial charge in [0.25, 0.3) is 5.91 Å². The molecule has 0 saturated carbocycles. The van der Waals surface area contributed by atoms with E-state index >= 15 is 0 Å². The van der Waals surface area contributed by atoms with Crippen LogP contribution in [0.3, 0.4) is 0 Å². The minimum atomic E-state index is 0.0423. The molecule has 2 aliphatic rings. The van der Waals surface area contributed by atoms with Crippen molar-refractivity contribution < 1.29 is 4.79 Å². The quantitative estimate of drug-likeness (QED) is 0.705. The first-order chi connectivity index (χ1) is 7.36. The number of hydrazine groups is 1. The van der Waals surface area contributed by atoms with E-state index in [4.69, 9.17) is 0 Å². The number of nitrogens with one attached hydrogen (secondary N) is 2. The van der Waals surface area contributed by atoms with Crippen molar-refractivity contribution >= 4 is 5.91 Å². The summed E-state index contributed by atoms with van der Waals surface area (Å²) in [5.74, 6) is 0.164. The zero-order chi connectivity index (χ0) is 10.5. The fourth-order valence-electron chi connectivity index (χ4n) is 2.32. The van der Waals surface area contributed by atoms with Gasteiger partial charge in [-0.05, 0) is 32.2 Å². The van der Waals surface area contributed by atoms with E-state index in [9.17, 15) is 4.79 Å². The SMILES string of the molecule is O=C(NN1CCCCC1)[C@H]1CCCCN1. The topological polar surface area (TPSA) is 44.4 Å². The average molecular weight is 211 g/mol. The Hall–Kier alpha value is -0.610. The molecule has 2 saturated heterocycles. The Morgan fingerprint density at radius 1 is 1.13 bits per heavy atom. The van der Waals surface area contributed by atoms with Gasteiger partial charge in [0, 0.05) is 13.1 Å². The van der Waals surface area contributed by atoms with Gasteiger partial charge in [-0.25, -0.2) is 5.01 Å². The second-order valence-electron chi connectivity index (χ2n) is 4.53. The Balaban J connectivity index is 1.74. The van der Waals surface area contributed by atoms with Gasteiger partial charge in [-0.3, -0.25) is 10.2 Å². The molecule has 15 heavy (non-hydrogen) atoms. The summed E-state index contributed by atoms with van der Waals surface area (Å²) in [4.78, 5) is 11.9. The highest BCUT2D eigenvalue weighted by molar-refractivity contribution is 5.81. The molecule has 0 aromatic carbocycles. The summed E-state index contributed by atoms with van der Waals surface area (Å²) in [5.41, 5.74) is 3.02. The van der Waals surface area contributed by atoms with Crippen LogP contribution < -0.4 is 10.7 Å². The first kappa shape index (κ1) is 10.9. The normalized spacial score (nSPS) is 28.7. The Labute approximate surface area is 91.4 Å². The minimum Gasteiger partial charge on any atom is -0.306 e. The molecule has 2 N–H and O–H groups in total. The first-order valence-corrected chi connectivity index (χ1v) is 6.15. The van der Waals surface area contributed by atoms with E-state index in [0.717, 1.165) is 26.1 Å². The van der Waals surface area contributed by atoms with E-state index in [-0.39, 0.29) is 11.9 Å². The maximum absolute atomic E-state index is 11.9. The summed E-state index contributed by atoms with van der Waals surface area (Å²) in [5, 5.41) is 5.34. The lowest BCUT2D eigenvalue weighted by molar-refractivity contribution is -0.129. The Bertz CT molecular complexity index is 208. The van der Waals surface area contributed by atoms with Crippen LogP contribution in [-0.4, -0.2) is 36.6 Å². The summed E-state index contributed by atoms with van der Waals surface area (Å²) >= 11 is 0. The maximum Gasteiger partial charge on any atom is 0.251 e. The highest BCUT2D eigenvalue weighted by Crippen LogP contribution is 2.09. The average Bonchev–Trinajstić information content (AvgIpc) is 2.31. The molecular weight excluding hydrogens is 190 g/mol. The van der Waals surface area contributed by atoms with Crippen molar-refractivity contribution in [3.05, 3.63) is 0 Å². The van der Waals surface area contributed by atoms with Crippen LogP contribution in [0.25, 0.3) is 0 Å². The van der Waals surface area contributed by atoms with Crippen molar-refractivity contribution in [3.63, 3.8) is 0 Å². The van der Waals surface area contributed by atoms with Crippen LogP contribution in [0.1, 0.15) is 38.5 Å². The molecule has 2 rings (SSSR count). The molecule has 1 amide bonds. The molecule has 4 nitrogen and oxygen atoms in total. The molecule has 0 aromatic rings. The number of carbonyl (C=O) groups excluding carboxylic acids is 1. The number of rotatable bonds is 2. The molecule has 4 heteroatoms. The van der Waals surface area contributed by atoms with E-state index in [1.807, 2.05) is 0 Å². The van der Waals surface area contributed by atoms with Crippen LogP contribution in [0.2, 0.25) is 0 Å². The number of amides is 1. The summed E-state index contributed by atoms with van der Waals surface area (Å²) < 4.78 is 0. The van der Waals surface area contributed by atoms with E-state index < -0.39 is 0 Å². The predicted molar refractivity (Wildman–Crippen MR) is 59.2 cm³/mol. The van der Waals surface area contributed by atoms with Gasteiger partial charge in [-0.15, -0.1) is 0 Å². The van der Waals surface area contributed by atoms with Crippen LogP contribution in [-0.2, 0) is 4.79 Å². The molecule has 86 valence electrons. The van der Waals surface area contributed by atoms with Crippen LogP contribution in [0.15, 0.2) is 0 Å². The van der Waals surface area contributed by atoms with Crippen LogP contribution >= 0.6 is 0 Å². The summed E-state index contributed by atoms with van der Waals surface area (Å²) in [6.45, 7) is 3.01. The fraction of sp³-hybridized carbons (Fsp3) is 0.909. The number of nitrogens with zero attached hydrogens (tertiary/aromatic N) is 1. The standard InChI is InChI=1S/C11H21N3O/c15-11(10-6-2-3-7-12-10)13-14-8-4-1-5-9-14/h10,12H,1-9H2,(H,13,15)/t10-/m1/s1. The van der Waals surface area contributed by atoms with Gasteiger partial charge in [0.05, 0.1) is 6.04 Å². The fourth-order valence-corrected chi connectivity index (χ4v) is 2.32. The maximum atomic E-state index is 11.9. The largest absolute Gasteiger partial charge is 0.306 e. The van der Waals surface area contributed by atoms with Gasteiger partial charge < -0.3 is 5.32 Å². The lowest BCUT2D eigenvalue weighted by atomic mass is 10.0. The molecule has 2 heterocycles. The molecule has 0 radical (unpaired) electrons. The van der Waals surface area contributed by atoms with Gasteiger partial charge in [-0.2, -0.15) is 0 Å². The third-order valence-corrected chi connectivity index (χ3v) is 3.25. The van der Waals surface area contributed by atoms with Gasteiger partial charge >= 0.3 is 0 Å². The lowest BCUT2D eigenvalue weighted by Gasteiger charge is -2.30. The molecule has 2 aliphatic heterocycles. The van der Waals surface area contributed by atoms with Gasteiger partial charge in [0.15, 0.2) is 0 Å². The van der Waals surface area contributed by atoms with Crippen molar-refractivity contribution in [2.45, 2.75) is 44.6 Å². The Kier molecular flexibility index (Phi) is 3.97. The predicted octanol–water partition coefficient (Wildman–Crippen LogP) is 0.646. The van der Waals surface area contributed by atoms with Crippen LogP contribution in [0.5, 0.6) is 0 Å². The third kappa shape index (κ3) is 3.18. The number of hydrogen-bond acceptors (Lipinski definition) is 3. The number of hydrogen-bond donors (Lipinski definition) is 2. The minimum absolute atomic E-state index is 0.0423. The molecule has 0 bridgehead atoms. The van der Waals surface area contributed by atoms with E-state index in [1.54, 1.807) is 0 Å². The van der Waals surface area contributed by atoms with Crippen molar-refractivity contribution in [1.82, 2.24) is 15.8 Å². The zero-order valence-corrected chi connectivity index (χ0v) is 9.30. The van der Waals surface area contributed by atoms with Crippen LogP contribution in [0.4, 0.5) is 0 Å². The van der Waals surface area contributed by atoms with Crippen molar-refractivity contribution in [2.75, 3.05) is 19.6 Å². The highest BCUT2D eigenvalue weighted by Gasteiger charge is 2.22. The lowest BCUT2D eigenvalue weighted by Crippen LogP contribution is -2.53. The number of carbonyl (C=O) groups is 1. The molecule has 0 aliphatic carbocycles. The highest BCUT2D eigenvalue weighted by atomic mass is 16.2. The Morgan fingerprint density at radius 3 is 2.60 bits per heavy atom. The van der Waals surface area contributed by atoms with Gasteiger partial charge in [0.2, 0.25) is 0 Å². The molecule has 0 spiro atoms. The van der Waals surface area contributed by atoms with Gasteiger partial charge in [0.1, 0.15) is 0 Å². The van der Waals surface area contributed by atoms with E-state index in [1.165, 1.54) is 32.1 Å². The molecule has 1 atom stereocenters. The molecular formula is C11H21N3O. The first-order valence-electron chi connectivity index (χ1n) is 6.15. The third-order valence-electron chi connectivity index (χ3n) is 3.25. The zero-order valence-electron chi connectivity index (χ0n) is 9.30. The molecule has 2 fully saturated rings. The Morgan fingerprint density at radius 2 is 1.93 bits per heavy atom. The monoisotopic (exact) mass is 211 g/mol. The number of piperidine rings is 2. The summed E-state index contributed by atoms with van der Waals surface area (Å²) in [6, 6.07) is 0.0423. The van der Waals surface area contributed by atoms with Gasteiger partial charge in [-0.1, -0.05) is 12.8 Å². The van der Waals surface area contributed by atoms with Crippen LogP contribution in [0, 0.1) is 0 Å². The van der Waals surface area contributed by atoms with Crippen molar-refractivity contribution in [2.24, 2.45) is 0 Å².